The summed E-state index contributed by atoms with van der Waals surface area (Å²) in [6.45, 7) is 1.44. The average molecular weight is 282 g/mol. The molecule has 102 valence electrons. The Hall–Kier alpha value is -1.50. The molecule has 0 aliphatic rings. The van der Waals surface area contributed by atoms with Gasteiger partial charge in [-0.15, -0.1) is 0 Å². The van der Waals surface area contributed by atoms with Gasteiger partial charge in [0.15, 0.2) is 11.9 Å². The largest absolute Gasteiger partial charge is 0.379 e. The summed E-state index contributed by atoms with van der Waals surface area (Å²) in [6.07, 6.45) is 3.72. The molecule has 0 spiro atoms. The normalized spacial score (nSPS) is 12.9. The van der Waals surface area contributed by atoms with Gasteiger partial charge in [0, 0.05) is 18.9 Å². The summed E-state index contributed by atoms with van der Waals surface area (Å²) in [6, 6.07) is 1.70. The third-order valence-electron chi connectivity index (χ3n) is 2.68. The molecule has 2 aromatic heterocycles. The predicted molar refractivity (Wildman–Crippen MR) is 71.9 cm³/mol. The lowest BCUT2D eigenvalue weighted by Gasteiger charge is -2.15. The summed E-state index contributed by atoms with van der Waals surface area (Å²) in [5.74, 6) is 0.316. The zero-order chi connectivity index (χ0) is 13.8. The first-order chi connectivity index (χ1) is 9.09. The van der Waals surface area contributed by atoms with Gasteiger partial charge in [0.05, 0.1) is 23.5 Å². The molecular formula is C12H16ClN5O. The van der Waals surface area contributed by atoms with Crippen molar-refractivity contribution in [1.82, 2.24) is 24.6 Å². The number of aromatic nitrogens is 4. The highest BCUT2D eigenvalue weighted by atomic mass is 35.5. The predicted octanol–water partition coefficient (Wildman–Crippen LogP) is 0.970. The van der Waals surface area contributed by atoms with Crippen molar-refractivity contribution in [3.05, 3.63) is 41.2 Å². The molecule has 0 amide bonds. The van der Waals surface area contributed by atoms with Gasteiger partial charge in [-0.2, -0.15) is 5.10 Å². The van der Waals surface area contributed by atoms with Crippen LogP contribution in [0.3, 0.4) is 0 Å². The lowest BCUT2D eigenvalue weighted by Crippen LogP contribution is -2.21. The van der Waals surface area contributed by atoms with E-state index in [4.69, 9.17) is 11.6 Å². The third-order valence-corrected chi connectivity index (χ3v) is 2.97. The molecule has 19 heavy (non-hydrogen) atoms. The number of hydrogen-bond acceptors (Lipinski definition) is 5. The van der Waals surface area contributed by atoms with Crippen molar-refractivity contribution < 1.29 is 5.11 Å². The van der Waals surface area contributed by atoms with Crippen LogP contribution in [-0.2, 0) is 6.54 Å². The molecule has 0 saturated carbocycles. The molecule has 6 nitrogen and oxygen atoms in total. The van der Waals surface area contributed by atoms with Crippen LogP contribution in [0.4, 0.5) is 0 Å². The van der Waals surface area contributed by atoms with Gasteiger partial charge in [-0.25, -0.2) is 9.97 Å². The Morgan fingerprint density at radius 3 is 2.68 bits per heavy atom. The van der Waals surface area contributed by atoms with E-state index in [-0.39, 0.29) is 0 Å². The molecule has 1 N–H and O–H groups in total. The number of nitrogens with zero attached hydrogens (tertiary/aromatic N) is 5. The smallest absolute Gasteiger partial charge is 0.163 e. The molecule has 0 fully saturated rings. The Bertz CT molecular complexity index is 528. The Morgan fingerprint density at radius 2 is 2.05 bits per heavy atom. The lowest BCUT2D eigenvalue weighted by molar-refractivity contribution is 0.196. The minimum Gasteiger partial charge on any atom is -0.379 e. The highest BCUT2D eigenvalue weighted by Gasteiger charge is 2.21. The second-order valence-electron chi connectivity index (χ2n) is 4.41. The molecular weight excluding hydrogens is 266 g/mol. The molecule has 0 bridgehead atoms. The molecule has 7 heteroatoms. The highest BCUT2D eigenvalue weighted by molar-refractivity contribution is 6.31. The summed E-state index contributed by atoms with van der Waals surface area (Å²) in [7, 11) is 3.95. The minimum absolute atomic E-state index is 0.316. The van der Waals surface area contributed by atoms with Gasteiger partial charge < -0.3 is 10.0 Å². The van der Waals surface area contributed by atoms with Crippen LogP contribution >= 0.6 is 11.6 Å². The molecule has 1 unspecified atom stereocenters. The average Bonchev–Trinajstić information content (AvgIpc) is 2.78. The number of aliphatic hydroxyl groups is 1. The Balaban J connectivity index is 2.26. The monoisotopic (exact) mass is 281 g/mol. The molecule has 2 aromatic rings. The van der Waals surface area contributed by atoms with E-state index in [1.165, 1.54) is 6.20 Å². The number of hydrogen-bond donors (Lipinski definition) is 1. The van der Waals surface area contributed by atoms with E-state index in [1.54, 1.807) is 23.1 Å². The van der Waals surface area contributed by atoms with Crippen molar-refractivity contribution in [2.75, 3.05) is 20.6 Å². The minimum atomic E-state index is -0.974. The van der Waals surface area contributed by atoms with E-state index in [0.29, 0.717) is 23.1 Å². The van der Waals surface area contributed by atoms with Crippen LogP contribution in [0, 0.1) is 0 Å². The summed E-state index contributed by atoms with van der Waals surface area (Å²) in [4.78, 5) is 10.1. The topological polar surface area (TPSA) is 67.1 Å². The van der Waals surface area contributed by atoms with Crippen molar-refractivity contribution in [1.29, 1.82) is 0 Å². The van der Waals surface area contributed by atoms with Crippen molar-refractivity contribution in [2.45, 2.75) is 12.6 Å². The molecule has 0 aliphatic carbocycles. The first-order valence-electron chi connectivity index (χ1n) is 5.90. The maximum absolute atomic E-state index is 10.3. The van der Waals surface area contributed by atoms with Gasteiger partial charge in [0.25, 0.3) is 0 Å². The molecule has 0 radical (unpaired) electrons. The fourth-order valence-corrected chi connectivity index (χ4v) is 1.94. The second kappa shape index (κ2) is 6.10. The maximum Gasteiger partial charge on any atom is 0.163 e. The quantitative estimate of drug-likeness (QED) is 0.885. The summed E-state index contributed by atoms with van der Waals surface area (Å²) >= 11 is 6.09. The van der Waals surface area contributed by atoms with Gasteiger partial charge in [-0.1, -0.05) is 11.6 Å². The fourth-order valence-electron chi connectivity index (χ4n) is 1.69. The summed E-state index contributed by atoms with van der Waals surface area (Å²) < 4.78 is 1.68. The van der Waals surface area contributed by atoms with Crippen molar-refractivity contribution >= 4 is 11.6 Å². The number of aliphatic hydroxyl groups excluding tert-OH is 1. The van der Waals surface area contributed by atoms with Crippen LogP contribution in [0.15, 0.2) is 24.7 Å². The number of halogens is 1. The molecule has 2 rings (SSSR count). The molecule has 1 atom stereocenters. The van der Waals surface area contributed by atoms with E-state index < -0.39 is 6.10 Å². The van der Waals surface area contributed by atoms with E-state index in [0.717, 1.165) is 6.54 Å². The second-order valence-corrected chi connectivity index (χ2v) is 4.82. The van der Waals surface area contributed by atoms with E-state index in [9.17, 15) is 5.11 Å². The Kier molecular flexibility index (Phi) is 4.47. The number of rotatable bonds is 5. The molecule has 0 saturated heterocycles. The van der Waals surface area contributed by atoms with Crippen LogP contribution in [0.1, 0.15) is 17.6 Å². The van der Waals surface area contributed by atoms with Crippen molar-refractivity contribution in [3.8, 4) is 0 Å². The summed E-state index contributed by atoms with van der Waals surface area (Å²) in [5, 5.41) is 14.9. The molecule has 2 heterocycles. The van der Waals surface area contributed by atoms with Crippen LogP contribution in [0.25, 0.3) is 0 Å². The first kappa shape index (κ1) is 13.9. The van der Waals surface area contributed by atoms with Crippen molar-refractivity contribution in [2.24, 2.45) is 0 Å². The fraction of sp³-hybridized carbons (Fsp3) is 0.417. The van der Waals surface area contributed by atoms with Crippen molar-refractivity contribution in [3.63, 3.8) is 0 Å². The van der Waals surface area contributed by atoms with Crippen LogP contribution in [-0.4, -0.2) is 50.4 Å². The van der Waals surface area contributed by atoms with Crippen LogP contribution < -0.4 is 0 Å². The third kappa shape index (κ3) is 3.28. The van der Waals surface area contributed by atoms with Crippen LogP contribution in [0.5, 0.6) is 0 Å². The highest BCUT2D eigenvalue weighted by Crippen LogP contribution is 2.25. The van der Waals surface area contributed by atoms with Gasteiger partial charge in [-0.3, -0.25) is 4.68 Å². The standard InChI is InChI=1S/C12H16ClN5O/c1-17(2)6-7-18-10(9(13)8-16-18)11(19)12-14-4-3-5-15-12/h3-5,8,11,19H,6-7H2,1-2H3. The lowest BCUT2D eigenvalue weighted by atomic mass is 10.2. The maximum atomic E-state index is 10.3. The SMILES string of the molecule is CN(C)CCn1ncc(Cl)c1C(O)c1ncccn1. The van der Waals surface area contributed by atoms with E-state index in [2.05, 4.69) is 15.1 Å². The number of likely N-dealkylation sites (N-methyl/N-ethyl adjacent to an activating group) is 1. The Morgan fingerprint density at radius 1 is 1.37 bits per heavy atom. The van der Waals surface area contributed by atoms with Gasteiger partial charge in [0.2, 0.25) is 0 Å². The summed E-state index contributed by atoms with van der Waals surface area (Å²) in [5.41, 5.74) is 0.523. The molecule has 0 aliphatic heterocycles. The van der Waals surface area contributed by atoms with E-state index >= 15 is 0 Å². The van der Waals surface area contributed by atoms with Gasteiger partial charge in [0.1, 0.15) is 0 Å². The van der Waals surface area contributed by atoms with Gasteiger partial charge in [-0.05, 0) is 20.2 Å². The van der Waals surface area contributed by atoms with Gasteiger partial charge >= 0.3 is 0 Å². The zero-order valence-corrected chi connectivity index (χ0v) is 11.6. The molecule has 0 aromatic carbocycles. The zero-order valence-electron chi connectivity index (χ0n) is 10.9. The van der Waals surface area contributed by atoms with E-state index in [1.807, 2.05) is 19.0 Å². The first-order valence-corrected chi connectivity index (χ1v) is 6.28. The van der Waals surface area contributed by atoms with Crippen LogP contribution in [0.2, 0.25) is 5.02 Å². The Labute approximate surface area is 116 Å².